The summed E-state index contributed by atoms with van der Waals surface area (Å²) in [6.07, 6.45) is 0. The van der Waals surface area contributed by atoms with Crippen LogP contribution in [0.25, 0.3) is 0 Å². The number of amides is 1. The van der Waals surface area contributed by atoms with Gasteiger partial charge in [0.15, 0.2) is 0 Å². The Hall–Kier alpha value is -1.27. The van der Waals surface area contributed by atoms with E-state index in [1.54, 1.807) is 31.2 Å². The molecule has 20 heavy (non-hydrogen) atoms. The van der Waals surface area contributed by atoms with E-state index in [1.807, 2.05) is 30.3 Å². The summed E-state index contributed by atoms with van der Waals surface area (Å²) in [4.78, 5) is 14.0. The van der Waals surface area contributed by atoms with Gasteiger partial charge in [0.05, 0.1) is 12.1 Å². The van der Waals surface area contributed by atoms with Crippen LogP contribution in [0.3, 0.4) is 0 Å². The molecule has 0 spiro atoms. The summed E-state index contributed by atoms with van der Waals surface area (Å²) in [6.45, 7) is 0. The summed E-state index contributed by atoms with van der Waals surface area (Å²) >= 11 is 8.19. The quantitative estimate of drug-likeness (QED) is 0.721. The summed E-state index contributed by atoms with van der Waals surface area (Å²) in [5, 5.41) is 0.579. The van der Waals surface area contributed by atoms with Crippen molar-refractivity contribution in [2.24, 2.45) is 0 Å². The van der Waals surface area contributed by atoms with Crippen LogP contribution >= 0.6 is 34.2 Å². The van der Waals surface area contributed by atoms with E-state index in [9.17, 15) is 4.79 Å². The summed E-state index contributed by atoms with van der Waals surface area (Å²) < 4.78 is 6.09. The molecule has 0 aliphatic rings. The van der Waals surface area contributed by atoms with E-state index >= 15 is 0 Å². The van der Waals surface area contributed by atoms with Gasteiger partial charge in [0, 0.05) is 27.9 Å². The second-order valence-electron chi connectivity index (χ2n) is 4.19. The number of rotatable bonds is 3. The molecule has 0 atom stereocenters. The van der Waals surface area contributed by atoms with Crippen molar-refractivity contribution < 1.29 is 9.53 Å². The summed E-state index contributed by atoms with van der Waals surface area (Å²) in [5.74, 6) is 0.597. The summed E-state index contributed by atoms with van der Waals surface area (Å²) in [7, 11) is 3.32. The molecule has 0 saturated heterocycles. The normalized spacial score (nSPS) is 10.2. The fraction of sp³-hybridized carbons (Fsp3) is 0.133. The van der Waals surface area contributed by atoms with Crippen LogP contribution in [0.15, 0.2) is 42.5 Å². The first kappa shape index (κ1) is 15.1. The number of hydrogen-bond donors (Lipinski definition) is 0. The molecule has 0 bridgehead atoms. The third kappa shape index (κ3) is 3.24. The molecule has 0 unspecified atom stereocenters. The summed E-state index contributed by atoms with van der Waals surface area (Å²) in [6, 6.07) is 12.6. The van der Waals surface area contributed by atoms with Gasteiger partial charge in [0.1, 0.15) is 5.75 Å². The molecule has 104 valence electrons. The lowest BCUT2D eigenvalue weighted by Gasteiger charge is -2.18. The van der Waals surface area contributed by atoms with Gasteiger partial charge in [-0.15, -0.1) is 0 Å². The van der Waals surface area contributed by atoms with Crippen LogP contribution in [0.1, 0.15) is 10.4 Å². The summed E-state index contributed by atoms with van der Waals surface area (Å²) in [5.41, 5.74) is 1.32. The van der Waals surface area contributed by atoms with Crippen molar-refractivity contribution in [1.82, 2.24) is 0 Å². The molecule has 1 amide bonds. The topological polar surface area (TPSA) is 29.5 Å². The monoisotopic (exact) mass is 401 g/mol. The first-order valence-electron chi connectivity index (χ1n) is 5.90. The first-order chi connectivity index (χ1) is 9.52. The maximum absolute atomic E-state index is 12.4. The van der Waals surface area contributed by atoms with E-state index in [0.717, 1.165) is 9.26 Å². The fourth-order valence-corrected chi connectivity index (χ4v) is 2.28. The Labute approximate surface area is 136 Å². The Morgan fingerprint density at radius 3 is 2.65 bits per heavy atom. The van der Waals surface area contributed by atoms with Crippen LogP contribution in [0.2, 0.25) is 5.02 Å². The molecular formula is C15H13ClINO2. The van der Waals surface area contributed by atoms with Crippen molar-refractivity contribution in [3.8, 4) is 5.75 Å². The number of benzene rings is 2. The highest BCUT2D eigenvalue weighted by Gasteiger charge is 2.15. The van der Waals surface area contributed by atoms with Gasteiger partial charge in [-0.25, -0.2) is 0 Å². The molecule has 0 radical (unpaired) electrons. The minimum absolute atomic E-state index is 0.114. The molecule has 3 nitrogen and oxygen atoms in total. The molecule has 0 N–H and O–H groups in total. The molecule has 2 aromatic rings. The lowest BCUT2D eigenvalue weighted by molar-refractivity contribution is 0.0993. The maximum Gasteiger partial charge on any atom is 0.258 e. The standard InChI is InChI=1S/C15H13ClINO2/c1-18(11-4-3-5-12(9-11)20-2)15(19)10-6-7-14(17)13(16)8-10/h3-9H,1-2H3. The highest BCUT2D eigenvalue weighted by molar-refractivity contribution is 14.1. The van der Waals surface area contributed by atoms with Crippen molar-refractivity contribution in [3.05, 3.63) is 56.6 Å². The molecule has 0 aliphatic carbocycles. The predicted molar refractivity (Wildman–Crippen MR) is 89.9 cm³/mol. The first-order valence-corrected chi connectivity index (χ1v) is 7.36. The number of methoxy groups -OCH3 is 1. The zero-order valence-electron chi connectivity index (χ0n) is 11.1. The average molecular weight is 402 g/mol. The van der Waals surface area contributed by atoms with E-state index in [2.05, 4.69) is 22.6 Å². The molecule has 0 heterocycles. The van der Waals surface area contributed by atoms with Crippen LogP contribution in [0.5, 0.6) is 5.75 Å². The van der Waals surface area contributed by atoms with E-state index in [-0.39, 0.29) is 5.91 Å². The second kappa shape index (κ2) is 6.45. The van der Waals surface area contributed by atoms with Crippen molar-refractivity contribution >= 4 is 45.8 Å². The van der Waals surface area contributed by atoms with E-state index in [1.165, 1.54) is 0 Å². The number of anilines is 1. The third-order valence-corrected chi connectivity index (χ3v) is 4.48. The predicted octanol–water partition coefficient (Wildman–Crippen LogP) is 4.23. The van der Waals surface area contributed by atoms with Gasteiger partial charge >= 0.3 is 0 Å². The third-order valence-electron chi connectivity index (χ3n) is 2.91. The fourth-order valence-electron chi connectivity index (χ4n) is 1.76. The molecule has 5 heteroatoms. The molecule has 0 fully saturated rings. The number of ether oxygens (including phenoxy) is 1. The highest BCUT2D eigenvalue weighted by Crippen LogP contribution is 2.24. The van der Waals surface area contributed by atoms with Crippen LogP contribution in [-0.4, -0.2) is 20.1 Å². The number of carbonyl (C=O) groups is 1. The lowest BCUT2D eigenvalue weighted by atomic mass is 10.2. The molecule has 2 aromatic carbocycles. The lowest BCUT2D eigenvalue weighted by Crippen LogP contribution is -2.26. The van der Waals surface area contributed by atoms with Crippen LogP contribution in [0.4, 0.5) is 5.69 Å². The van der Waals surface area contributed by atoms with Crippen molar-refractivity contribution in [2.45, 2.75) is 0 Å². The molecule has 0 aliphatic heterocycles. The van der Waals surface area contributed by atoms with Crippen LogP contribution in [0, 0.1) is 3.57 Å². The Morgan fingerprint density at radius 2 is 2.00 bits per heavy atom. The zero-order valence-corrected chi connectivity index (χ0v) is 14.0. The van der Waals surface area contributed by atoms with Crippen LogP contribution < -0.4 is 9.64 Å². The maximum atomic E-state index is 12.4. The van der Waals surface area contributed by atoms with E-state index in [0.29, 0.717) is 16.3 Å². The zero-order chi connectivity index (χ0) is 14.7. The minimum atomic E-state index is -0.114. The number of hydrogen-bond acceptors (Lipinski definition) is 2. The van der Waals surface area contributed by atoms with Gasteiger partial charge in [-0.1, -0.05) is 17.7 Å². The van der Waals surface area contributed by atoms with Gasteiger partial charge in [0.25, 0.3) is 5.91 Å². The van der Waals surface area contributed by atoms with E-state index < -0.39 is 0 Å². The van der Waals surface area contributed by atoms with Crippen LogP contribution in [-0.2, 0) is 0 Å². The van der Waals surface area contributed by atoms with E-state index in [4.69, 9.17) is 16.3 Å². The Kier molecular flexibility index (Phi) is 4.88. The van der Waals surface area contributed by atoms with Gasteiger partial charge in [-0.3, -0.25) is 4.79 Å². The molecule has 0 saturated carbocycles. The number of halogens is 2. The largest absolute Gasteiger partial charge is 0.497 e. The Morgan fingerprint density at radius 1 is 1.25 bits per heavy atom. The van der Waals surface area contributed by atoms with Gasteiger partial charge in [0.2, 0.25) is 0 Å². The second-order valence-corrected chi connectivity index (χ2v) is 5.76. The van der Waals surface area contributed by atoms with Crippen molar-refractivity contribution in [2.75, 3.05) is 19.1 Å². The van der Waals surface area contributed by atoms with Crippen molar-refractivity contribution in [1.29, 1.82) is 0 Å². The highest BCUT2D eigenvalue weighted by atomic mass is 127. The average Bonchev–Trinajstić information content (AvgIpc) is 2.48. The van der Waals surface area contributed by atoms with Gasteiger partial charge in [-0.2, -0.15) is 0 Å². The smallest absolute Gasteiger partial charge is 0.258 e. The van der Waals surface area contributed by atoms with Gasteiger partial charge in [-0.05, 0) is 52.9 Å². The SMILES string of the molecule is COc1cccc(N(C)C(=O)c2ccc(I)c(Cl)c2)c1. The minimum Gasteiger partial charge on any atom is -0.497 e. The van der Waals surface area contributed by atoms with Gasteiger partial charge < -0.3 is 9.64 Å². The Balaban J connectivity index is 2.29. The Bertz CT molecular complexity index is 646. The molecular weight excluding hydrogens is 389 g/mol. The molecule has 0 aromatic heterocycles. The van der Waals surface area contributed by atoms with Crippen molar-refractivity contribution in [3.63, 3.8) is 0 Å². The molecule has 2 rings (SSSR count). The number of nitrogens with zero attached hydrogens (tertiary/aromatic N) is 1. The number of carbonyl (C=O) groups excluding carboxylic acids is 1.